The van der Waals surface area contributed by atoms with Crippen LogP contribution in [0.3, 0.4) is 0 Å². The lowest BCUT2D eigenvalue weighted by Gasteiger charge is -2.28. The van der Waals surface area contributed by atoms with E-state index >= 15 is 0 Å². The van der Waals surface area contributed by atoms with E-state index in [2.05, 4.69) is 15.9 Å². The predicted octanol–water partition coefficient (Wildman–Crippen LogP) is 5.23. The van der Waals surface area contributed by atoms with Crippen molar-refractivity contribution in [2.45, 2.75) is 38.8 Å². The smallest absolute Gasteiger partial charge is 0.243 e. The summed E-state index contributed by atoms with van der Waals surface area (Å²) in [6, 6.07) is 19.8. The van der Waals surface area contributed by atoms with Crippen LogP contribution in [0, 0.1) is 12.8 Å². The van der Waals surface area contributed by atoms with Crippen molar-refractivity contribution in [3.63, 3.8) is 0 Å². The molecule has 0 aliphatic rings. The van der Waals surface area contributed by atoms with Crippen LogP contribution in [0.1, 0.15) is 30.9 Å². The van der Waals surface area contributed by atoms with Crippen LogP contribution in [-0.2, 0) is 27.9 Å². The highest BCUT2D eigenvalue weighted by molar-refractivity contribution is 9.10. The Bertz CT molecular complexity index is 1160. The normalized spacial score (nSPS) is 11.8. The molecule has 1 heterocycles. The molecule has 0 atom stereocenters. The average molecular weight is 533 g/mol. The lowest BCUT2D eigenvalue weighted by Crippen LogP contribution is -2.43. The lowest BCUT2D eigenvalue weighted by atomic mass is 10.2. The highest BCUT2D eigenvalue weighted by Crippen LogP contribution is 2.21. The van der Waals surface area contributed by atoms with E-state index in [0.717, 1.165) is 15.8 Å². The van der Waals surface area contributed by atoms with Gasteiger partial charge in [-0.2, -0.15) is 4.31 Å². The van der Waals surface area contributed by atoms with Gasteiger partial charge in [0.05, 0.1) is 18.0 Å². The molecule has 0 fully saturated rings. The summed E-state index contributed by atoms with van der Waals surface area (Å²) in [6.07, 6.45) is 0. The number of hydrogen-bond acceptors (Lipinski definition) is 4. The number of carbonyl (C=O) groups is 1. The standard InChI is InChI=1S/C25H29BrN2O4S/c1-19(2)15-28(33(30,31)24-13-10-22(26)11-14-24)18-25(29)27(16-21-7-5-4-6-8-21)17-23-12-9-20(3)32-23/h4-14,19H,15-18H2,1-3H3. The molecular formula is C25H29BrN2O4S. The Morgan fingerprint density at radius 3 is 2.21 bits per heavy atom. The Hall–Kier alpha value is -2.42. The molecule has 0 spiro atoms. The quantitative estimate of drug-likeness (QED) is 0.358. The molecule has 8 heteroatoms. The predicted molar refractivity (Wildman–Crippen MR) is 132 cm³/mol. The molecular weight excluding hydrogens is 504 g/mol. The van der Waals surface area contributed by atoms with Crippen molar-refractivity contribution in [2.75, 3.05) is 13.1 Å². The van der Waals surface area contributed by atoms with E-state index in [1.165, 1.54) is 4.31 Å². The first kappa shape index (κ1) is 25.2. The van der Waals surface area contributed by atoms with Gasteiger partial charge in [-0.3, -0.25) is 4.79 Å². The molecule has 6 nitrogen and oxygen atoms in total. The van der Waals surface area contributed by atoms with Crippen molar-refractivity contribution in [1.82, 2.24) is 9.21 Å². The first-order valence-electron chi connectivity index (χ1n) is 10.8. The summed E-state index contributed by atoms with van der Waals surface area (Å²) < 4.78 is 34.5. The highest BCUT2D eigenvalue weighted by atomic mass is 79.9. The zero-order chi connectivity index (χ0) is 24.0. The van der Waals surface area contributed by atoms with Crippen LogP contribution < -0.4 is 0 Å². The third-order valence-electron chi connectivity index (χ3n) is 5.04. The lowest BCUT2D eigenvalue weighted by molar-refractivity contribution is -0.133. The second-order valence-electron chi connectivity index (χ2n) is 8.39. The zero-order valence-electron chi connectivity index (χ0n) is 19.1. The van der Waals surface area contributed by atoms with Crippen LogP contribution in [0.2, 0.25) is 0 Å². The fraction of sp³-hybridized carbons (Fsp3) is 0.320. The zero-order valence-corrected chi connectivity index (χ0v) is 21.5. The minimum atomic E-state index is -3.84. The first-order valence-corrected chi connectivity index (χ1v) is 13.0. The topological polar surface area (TPSA) is 70.8 Å². The molecule has 176 valence electrons. The van der Waals surface area contributed by atoms with E-state index in [9.17, 15) is 13.2 Å². The van der Waals surface area contributed by atoms with Crippen LogP contribution in [0.4, 0.5) is 0 Å². The molecule has 3 aromatic rings. The fourth-order valence-electron chi connectivity index (χ4n) is 3.46. The molecule has 0 bridgehead atoms. The summed E-state index contributed by atoms with van der Waals surface area (Å²) in [7, 11) is -3.84. The number of halogens is 1. The Kier molecular flexibility index (Phi) is 8.51. The molecule has 3 rings (SSSR count). The summed E-state index contributed by atoms with van der Waals surface area (Å²) in [6.45, 7) is 6.32. The molecule has 0 saturated carbocycles. The largest absolute Gasteiger partial charge is 0.464 e. The van der Waals surface area contributed by atoms with Crippen molar-refractivity contribution in [2.24, 2.45) is 5.92 Å². The second-order valence-corrected chi connectivity index (χ2v) is 11.2. The number of carbonyl (C=O) groups excluding carboxylic acids is 1. The third kappa shape index (κ3) is 7.03. The summed E-state index contributed by atoms with van der Waals surface area (Å²) >= 11 is 3.34. The van der Waals surface area contributed by atoms with E-state index in [0.29, 0.717) is 12.3 Å². The Morgan fingerprint density at radius 2 is 1.64 bits per heavy atom. The number of furan rings is 1. The van der Waals surface area contributed by atoms with Gasteiger partial charge in [-0.1, -0.05) is 60.1 Å². The molecule has 0 radical (unpaired) electrons. The van der Waals surface area contributed by atoms with Crippen molar-refractivity contribution in [3.8, 4) is 0 Å². The number of benzene rings is 2. The van der Waals surface area contributed by atoms with E-state index in [-0.39, 0.29) is 36.4 Å². The van der Waals surface area contributed by atoms with Crippen molar-refractivity contribution in [1.29, 1.82) is 0 Å². The van der Waals surface area contributed by atoms with Gasteiger partial charge in [0.1, 0.15) is 11.5 Å². The third-order valence-corrected chi connectivity index (χ3v) is 7.40. The summed E-state index contributed by atoms with van der Waals surface area (Å²) in [5, 5.41) is 0. The van der Waals surface area contributed by atoms with Crippen molar-refractivity contribution < 1.29 is 17.6 Å². The number of amides is 1. The molecule has 2 aromatic carbocycles. The molecule has 0 aliphatic carbocycles. The van der Waals surface area contributed by atoms with Gasteiger partial charge in [-0.05, 0) is 54.8 Å². The average Bonchev–Trinajstić information content (AvgIpc) is 3.18. The number of hydrogen-bond donors (Lipinski definition) is 0. The number of aryl methyl sites for hydroxylation is 1. The maximum atomic E-state index is 13.5. The minimum absolute atomic E-state index is 0.0540. The van der Waals surface area contributed by atoms with Crippen molar-refractivity contribution >= 4 is 31.9 Å². The summed E-state index contributed by atoms with van der Waals surface area (Å²) in [5.41, 5.74) is 0.959. The number of nitrogens with zero attached hydrogens (tertiary/aromatic N) is 2. The number of rotatable bonds is 10. The first-order chi connectivity index (χ1) is 15.6. The summed E-state index contributed by atoms with van der Waals surface area (Å²) in [4.78, 5) is 15.3. The fourth-order valence-corrected chi connectivity index (χ4v) is 5.27. The Balaban J connectivity index is 1.87. The van der Waals surface area contributed by atoms with E-state index in [4.69, 9.17) is 4.42 Å². The second kappa shape index (κ2) is 11.1. The van der Waals surface area contributed by atoms with Crippen molar-refractivity contribution in [3.05, 3.63) is 88.3 Å². The van der Waals surface area contributed by atoms with Gasteiger partial charge in [0, 0.05) is 17.6 Å². The molecule has 33 heavy (non-hydrogen) atoms. The van der Waals surface area contributed by atoms with Crippen LogP contribution in [0.25, 0.3) is 0 Å². The van der Waals surface area contributed by atoms with Crippen LogP contribution in [-0.4, -0.2) is 36.6 Å². The molecule has 0 aliphatic heterocycles. The molecule has 1 amide bonds. The van der Waals surface area contributed by atoms with Gasteiger partial charge < -0.3 is 9.32 Å². The van der Waals surface area contributed by atoms with Gasteiger partial charge in [0.2, 0.25) is 15.9 Å². The Morgan fingerprint density at radius 1 is 0.970 bits per heavy atom. The molecule has 0 N–H and O–H groups in total. The van der Waals surface area contributed by atoms with Crippen LogP contribution in [0.5, 0.6) is 0 Å². The maximum Gasteiger partial charge on any atom is 0.243 e. The monoisotopic (exact) mass is 532 g/mol. The van der Waals surface area contributed by atoms with Gasteiger partial charge in [0.25, 0.3) is 0 Å². The van der Waals surface area contributed by atoms with E-state index in [1.54, 1.807) is 29.2 Å². The van der Waals surface area contributed by atoms with Gasteiger partial charge >= 0.3 is 0 Å². The minimum Gasteiger partial charge on any atom is -0.464 e. The molecule has 0 saturated heterocycles. The van der Waals surface area contributed by atoms with E-state index < -0.39 is 10.0 Å². The van der Waals surface area contributed by atoms with Crippen LogP contribution >= 0.6 is 15.9 Å². The maximum absolute atomic E-state index is 13.5. The number of sulfonamides is 1. The van der Waals surface area contributed by atoms with E-state index in [1.807, 2.05) is 63.2 Å². The highest BCUT2D eigenvalue weighted by Gasteiger charge is 2.29. The molecule has 1 aromatic heterocycles. The van der Waals surface area contributed by atoms with Gasteiger partial charge in [0.15, 0.2) is 0 Å². The van der Waals surface area contributed by atoms with Gasteiger partial charge in [-0.15, -0.1) is 0 Å². The van der Waals surface area contributed by atoms with Gasteiger partial charge in [-0.25, -0.2) is 8.42 Å². The van der Waals surface area contributed by atoms with Crippen LogP contribution in [0.15, 0.2) is 80.5 Å². The Labute approximate surface area is 204 Å². The SMILES string of the molecule is Cc1ccc(CN(Cc2ccccc2)C(=O)CN(CC(C)C)S(=O)(=O)c2ccc(Br)cc2)o1. The molecule has 0 unspecified atom stereocenters. The summed E-state index contributed by atoms with van der Waals surface area (Å²) in [5.74, 6) is 1.19.